The first-order chi connectivity index (χ1) is 13.5. The number of carbonyl (C=O) groups is 2. The van der Waals surface area contributed by atoms with E-state index in [0.717, 1.165) is 24.8 Å². The number of hydrogen-bond acceptors (Lipinski definition) is 6. The normalized spacial score (nSPS) is 23.0. The Kier molecular flexibility index (Phi) is 9.28. The lowest BCUT2D eigenvalue weighted by Gasteiger charge is -2.20. The molecule has 1 aliphatic rings. The number of rotatable bonds is 12. The Balaban J connectivity index is 1.79. The van der Waals surface area contributed by atoms with Crippen LogP contribution in [-0.4, -0.2) is 57.9 Å². The van der Waals surface area contributed by atoms with Gasteiger partial charge in [-0.2, -0.15) is 11.8 Å². The molecule has 3 N–H and O–H groups in total. The van der Waals surface area contributed by atoms with E-state index < -0.39 is 18.0 Å². The van der Waals surface area contributed by atoms with Crippen molar-refractivity contribution in [2.45, 2.75) is 55.8 Å². The average molecular weight is 411 g/mol. The van der Waals surface area contributed by atoms with Crippen LogP contribution in [0, 0.1) is 5.92 Å². The monoisotopic (exact) mass is 410 g/mol. The number of Topliss-reactive ketones (excluding diaryl/α,β-unsaturated/α-hetero) is 1. The fraction of sp³-hybridized carbons (Fsp3) is 0.619. The second kappa shape index (κ2) is 11.4. The maximum atomic E-state index is 12.1. The summed E-state index contributed by atoms with van der Waals surface area (Å²) in [6, 6.07) is 7.12. The first-order valence-electron chi connectivity index (χ1n) is 9.78. The molecule has 28 heavy (non-hydrogen) atoms. The highest BCUT2D eigenvalue weighted by atomic mass is 32.2. The summed E-state index contributed by atoms with van der Waals surface area (Å²) in [5, 5.41) is 28.5. The van der Waals surface area contributed by atoms with Gasteiger partial charge in [-0.1, -0.05) is 31.4 Å². The van der Waals surface area contributed by atoms with Crippen molar-refractivity contribution in [1.82, 2.24) is 0 Å². The predicted octanol–water partition coefficient (Wildman–Crippen LogP) is 2.86. The number of methoxy groups -OCH3 is 1. The van der Waals surface area contributed by atoms with Gasteiger partial charge in [0.25, 0.3) is 0 Å². The highest BCUT2D eigenvalue weighted by Gasteiger charge is 2.41. The van der Waals surface area contributed by atoms with Crippen LogP contribution in [0.1, 0.15) is 50.0 Å². The number of ether oxygens (including phenoxy) is 1. The minimum atomic E-state index is -0.834. The lowest BCUT2D eigenvalue weighted by atomic mass is 9.92. The van der Waals surface area contributed by atoms with E-state index in [1.165, 1.54) is 11.8 Å². The molecule has 156 valence electrons. The molecule has 0 aromatic heterocycles. The molecule has 0 bridgehead atoms. The van der Waals surface area contributed by atoms with Crippen molar-refractivity contribution in [3.63, 3.8) is 0 Å². The summed E-state index contributed by atoms with van der Waals surface area (Å²) >= 11 is 1.47. The summed E-state index contributed by atoms with van der Waals surface area (Å²) in [5.41, 5.74) is 0.767. The van der Waals surface area contributed by atoms with Crippen LogP contribution >= 0.6 is 11.8 Å². The van der Waals surface area contributed by atoms with E-state index in [-0.39, 0.29) is 30.0 Å². The predicted molar refractivity (Wildman–Crippen MR) is 109 cm³/mol. The van der Waals surface area contributed by atoms with Gasteiger partial charge in [0.15, 0.2) is 0 Å². The molecular formula is C21H30O6S. The highest BCUT2D eigenvalue weighted by molar-refractivity contribution is 8.00. The molecule has 1 aliphatic carbocycles. The molecule has 1 saturated carbocycles. The zero-order valence-corrected chi connectivity index (χ0v) is 17.1. The summed E-state index contributed by atoms with van der Waals surface area (Å²) in [4.78, 5) is 23.8. The number of carboxylic acids is 1. The van der Waals surface area contributed by atoms with Crippen molar-refractivity contribution in [3.8, 4) is 5.75 Å². The second-order valence-corrected chi connectivity index (χ2v) is 8.49. The quantitative estimate of drug-likeness (QED) is 0.455. The van der Waals surface area contributed by atoms with Gasteiger partial charge in [0, 0.05) is 23.3 Å². The third-order valence-electron chi connectivity index (χ3n) is 5.33. The Morgan fingerprint density at radius 2 is 1.96 bits per heavy atom. The minimum Gasteiger partial charge on any atom is -0.497 e. The van der Waals surface area contributed by atoms with E-state index >= 15 is 0 Å². The Morgan fingerprint density at radius 1 is 1.25 bits per heavy atom. The van der Waals surface area contributed by atoms with E-state index in [1.807, 2.05) is 0 Å². The van der Waals surface area contributed by atoms with Crippen molar-refractivity contribution in [2.24, 2.45) is 5.92 Å². The van der Waals surface area contributed by atoms with Crippen molar-refractivity contribution < 1.29 is 29.6 Å². The Labute approximate surface area is 170 Å². The molecule has 6 nitrogen and oxygen atoms in total. The molecular weight excluding hydrogens is 380 g/mol. The number of carboxylic acid groups (broad SMARTS) is 1. The van der Waals surface area contributed by atoms with Crippen molar-refractivity contribution >= 4 is 23.5 Å². The van der Waals surface area contributed by atoms with Gasteiger partial charge in [0.2, 0.25) is 0 Å². The summed E-state index contributed by atoms with van der Waals surface area (Å²) in [6.07, 6.45) is 3.27. The van der Waals surface area contributed by atoms with Crippen LogP contribution in [-0.2, 0) is 9.59 Å². The van der Waals surface area contributed by atoms with Gasteiger partial charge in [-0.15, -0.1) is 0 Å². The van der Waals surface area contributed by atoms with Gasteiger partial charge in [0.1, 0.15) is 11.5 Å². The summed E-state index contributed by atoms with van der Waals surface area (Å²) in [5.74, 6) is -0.223. The van der Waals surface area contributed by atoms with E-state index in [4.69, 9.17) is 9.84 Å². The number of ketones is 1. The van der Waals surface area contributed by atoms with E-state index in [2.05, 4.69) is 0 Å². The molecule has 2 rings (SSSR count). The number of carbonyl (C=O) groups excluding carboxylic acids is 1. The molecule has 0 amide bonds. The number of aliphatic carboxylic acids is 1. The minimum absolute atomic E-state index is 0.0384. The van der Waals surface area contributed by atoms with Crippen LogP contribution in [0.4, 0.5) is 0 Å². The maximum absolute atomic E-state index is 12.1. The molecule has 1 aromatic rings. The molecule has 1 fully saturated rings. The number of aliphatic hydroxyl groups is 2. The maximum Gasteiger partial charge on any atom is 0.310 e. The van der Waals surface area contributed by atoms with Crippen LogP contribution in [0.5, 0.6) is 5.75 Å². The van der Waals surface area contributed by atoms with Crippen LogP contribution in [0.3, 0.4) is 0 Å². The van der Waals surface area contributed by atoms with Gasteiger partial charge in [-0.05, 0) is 30.5 Å². The third kappa shape index (κ3) is 6.22. The molecule has 0 spiro atoms. The Bertz CT molecular complexity index is 632. The molecule has 0 aliphatic heterocycles. The molecule has 0 radical (unpaired) electrons. The lowest BCUT2D eigenvalue weighted by Crippen LogP contribution is -2.24. The van der Waals surface area contributed by atoms with Gasteiger partial charge in [-0.3, -0.25) is 9.59 Å². The fourth-order valence-electron chi connectivity index (χ4n) is 3.82. The fourth-order valence-corrected chi connectivity index (χ4v) is 5.04. The highest BCUT2D eigenvalue weighted by Crippen LogP contribution is 2.36. The lowest BCUT2D eigenvalue weighted by molar-refractivity contribution is -0.139. The van der Waals surface area contributed by atoms with Gasteiger partial charge in [0.05, 0.1) is 25.7 Å². The van der Waals surface area contributed by atoms with Crippen LogP contribution in [0.2, 0.25) is 0 Å². The zero-order chi connectivity index (χ0) is 20.5. The summed E-state index contributed by atoms with van der Waals surface area (Å²) < 4.78 is 5.11. The summed E-state index contributed by atoms with van der Waals surface area (Å²) in [6.45, 7) is 0.0384. The topological polar surface area (TPSA) is 104 Å². The van der Waals surface area contributed by atoms with Crippen LogP contribution in [0.15, 0.2) is 24.3 Å². The van der Waals surface area contributed by atoms with Crippen molar-refractivity contribution in [1.29, 1.82) is 0 Å². The molecule has 0 saturated heterocycles. The summed E-state index contributed by atoms with van der Waals surface area (Å²) in [7, 11) is 1.57. The van der Waals surface area contributed by atoms with Crippen LogP contribution < -0.4 is 4.74 Å². The van der Waals surface area contributed by atoms with Crippen molar-refractivity contribution in [2.75, 3.05) is 19.5 Å². The Hall–Kier alpha value is -1.57. The van der Waals surface area contributed by atoms with E-state index in [1.54, 1.807) is 31.4 Å². The first-order valence-corrected chi connectivity index (χ1v) is 10.8. The number of thioether (sulfide) groups is 1. The largest absolute Gasteiger partial charge is 0.497 e. The number of aliphatic hydroxyl groups excluding tert-OH is 2. The van der Waals surface area contributed by atoms with Gasteiger partial charge >= 0.3 is 5.97 Å². The standard InChI is InChI=1S/C21H30O6S/c1-27-15-9-7-14(8-10-15)16(21(25)26)5-3-2-4-6-17-18(23)13-19(24)20(17)28-12-11-22/h7-10,16-17,19-20,22,24H,2-6,11-13H2,1H3,(H,25,26)/t16?,17-,19?,20+/m0/s1. The Morgan fingerprint density at radius 3 is 2.57 bits per heavy atom. The average Bonchev–Trinajstić information content (AvgIpc) is 2.95. The van der Waals surface area contributed by atoms with Gasteiger partial charge < -0.3 is 20.1 Å². The first kappa shape index (κ1) is 22.7. The second-order valence-electron chi connectivity index (χ2n) is 7.21. The number of hydrogen-bond donors (Lipinski definition) is 3. The number of benzene rings is 1. The van der Waals surface area contributed by atoms with E-state index in [0.29, 0.717) is 24.3 Å². The number of unbranched alkanes of at least 4 members (excludes halogenated alkanes) is 2. The third-order valence-corrected chi connectivity index (χ3v) is 6.77. The molecule has 0 heterocycles. The smallest absolute Gasteiger partial charge is 0.310 e. The van der Waals surface area contributed by atoms with Gasteiger partial charge in [-0.25, -0.2) is 0 Å². The molecule has 2 unspecified atom stereocenters. The SMILES string of the molecule is COc1ccc(C(CCCCC[C@H]2C(=O)CC(O)[C@@H]2SCCO)C(=O)O)cc1. The van der Waals surface area contributed by atoms with Crippen molar-refractivity contribution in [3.05, 3.63) is 29.8 Å². The zero-order valence-electron chi connectivity index (χ0n) is 16.3. The molecule has 1 aromatic carbocycles. The van der Waals surface area contributed by atoms with E-state index in [9.17, 15) is 19.8 Å². The molecule has 4 atom stereocenters. The van der Waals surface area contributed by atoms with Crippen LogP contribution in [0.25, 0.3) is 0 Å². The molecule has 7 heteroatoms.